The zero-order chi connectivity index (χ0) is 21.3. The average Bonchev–Trinajstić information content (AvgIpc) is 3.09. The van der Waals surface area contributed by atoms with E-state index < -0.39 is 10.0 Å². The van der Waals surface area contributed by atoms with Gasteiger partial charge in [-0.05, 0) is 42.7 Å². The topological polar surface area (TPSA) is 123 Å². The first-order valence-electron chi connectivity index (χ1n) is 9.10. The number of hydrogen-bond donors (Lipinski definition) is 3. The first-order valence-corrected chi connectivity index (χ1v) is 11.6. The molecule has 154 valence electrons. The summed E-state index contributed by atoms with van der Waals surface area (Å²) in [6.45, 7) is 4.10. The molecule has 0 radical (unpaired) electrons. The number of thiazole rings is 1. The normalized spacial score (nSPS) is 11.6. The molecule has 0 saturated heterocycles. The molecule has 8 nitrogen and oxygen atoms in total. The molecule has 10 heteroatoms. The Bertz CT molecular complexity index is 1300. The molecule has 2 heterocycles. The van der Waals surface area contributed by atoms with E-state index in [1.165, 1.54) is 17.7 Å². The van der Waals surface area contributed by atoms with E-state index in [-0.39, 0.29) is 5.75 Å². The molecule has 0 aliphatic rings. The minimum absolute atomic E-state index is 0.204. The molecule has 2 aromatic carbocycles. The lowest BCUT2D eigenvalue weighted by Gasteiger charge is -2.09. The highest BCUT2D eigenvalue weighted by atomic mass is 32.2. The first-order chi connectivity index (χ1) is 14.3. The van der Waals surface area contributed by atoms with Crippen LogP contribution in [0.15, 0.2) is 48.8 Å². The summed E-state index contributed by atoms with van der Waals surface area (Å²) < 4.78 is 22.5. The number of sulfonamides is 1. The summed E-state index contributed by atoms with van der Waals surface area (Å²) in [5, 5.41) is 12.4. The van der Waals surface area contributed by atoms with Crippen LogP contribution in [0.4, 0.5) is 22.3 Å². The van der Waals surface area contributed by atoms with Gasteiger partial charge in [0.2, 0.25) is 10.0 Å². The highest BCUT2D eigenvalue weighted by Gasteiger charge is 2.13. The Hall–Kier alpha value is -3.08. The van der Waals surface area contributed by atoms with Gasteiger partial charge in [0, 0.05) is 11.4 Å². The SMILES string of the molecule is Cc1cccc(C)c1Nc1nc2c(Nc3ccc(CS(N)(=O)=O)cc3)ncnc2s1. The van der Waals surface area contributed by atoms with Crippen molar-refractivity contribution in [2.75, 3.05) is 10.6 Å². The summed E-state index contributed by atoms with van der Waals surface area (Å²) in [7, 11) is -3.56. The van der Waals surface area contributed by atoms with Crippen LogP contribution in [-0.4, -0.2) is 23.4 Å². The summed E-state index contributed by atoms with van der Waals surface area (Å²) in [5.41, 5.74) is 5.33. The van der Waals surface area contributed by atoms with E-state index in [1.807, 2.05) is 6.07 Å². The van der Waals surface area contributed by atoms with Crippen molar-refractivity contribution in [1.82, 2.24) is 15.0 Å². The predicted octanol–water partition coefficient (Wildman–Crippen LogP) is 3.98. The molecule has 0 saturated carbocycles. The van der Waals surface area contributed by atoms with Crippen molar-refractivity contribution in [1.29, 1.82) is 0 Å². The zero-order valence-electron chi connectivity index (χ0n) is 16.4. The number of aryl methyl sites for hydroxylation is 2. The van der Waals surface area contributed by atoms with Crippen LogP contribution in [-0.2, 0) is 15.8 Å². The van der Waals surface area contributed by atoms with Crippen LogP contribution >= 0.6 is 11.3 Å². The van der Waals surface area contributed by atoms with Crippen molar-refractivity contribution in [3.8, 4) is 0 Å². The van der Waals surface area contributed by atoms with Gasteiger partial charge in [-0.15, -0.1) is 0 Å². The molecule has 0 unspecified atom stereocenters. The van der Waals surface area contributed by atoms with Crippen molar-refractivity contribution in [2.24, 2.45) is 5.14 Å². The molecule has 0 amide bonds. The summed E-state index contributed by atoms with van der Waals surface area (Å²) in [6.07, 6.45) is 1.49. The van der Waals surface area contributed by atoms with E-state index in [1.54, 1.807) is 24.3 Å². The van der Waals surface area contributed by atoms with Gasteiger partial charge in [-0.1, -0.05) is 41.7 Å². The van der Waals surface area contributed by atoms with Crippen LogP contribution in [0.25, 0.3) is 10.3 Å². The van der Waals surface area contributed by atoms with Gasteiger partial charge >= 0.3 is 0 Å². The molecule has 30 heavy (non-hydrogen) atoms. The summed E-state index contributed by atoms with van der Waals surface area (Å²) >= 11 is 1.45. The van der Waals surface area contributed by atoms with Crippen LogP contribution in [0.5, 0.6) is 0 Å². The third-order valence-corrected chi connectivity index (χ3v) is 6.11. The molecule has 0 spiro atoms. The van der Waals surface area contributed by atoms with Crippen molar-refractivity contribution >= 4 is 54.0 Å². The van der Waals surface area contributed by atoms with Gasteiger partial charge in [-0.25, -0.2) is 28.5 Å². The van der Waals surface area contributed by atoms with Gasteiger partial charge in [-0.3, -0.25) is 0 Å². The molecule has 0 aliphatic carbocycles. The Morgan fingerprint density at radius 2 is 1.70 bits per heavy atom. The fourth-order valence-electron chi connectivity index (χ4n) is 3.07. The van der Waals surface area contributed by atoms with Crippen LogP contribution in [0, 0.1) is 13.8 Å². The third kappa shape index (κ3) is 4.56. The fraction of sp³-hybridized carbons (Fsp3) is 0.150. The molecule has 4 rings (SSSR count). The van der Waals surface area contributed by atoms with Crippen LogP contribution in [0.3, 0.4) is 0 Å². The number of aromatic nitrogens is 3. The van der Waals surface area contributed by atoms with Gasteiger partial charge in [0.15, 0.2) is 15.8 Å². The molecule has 2 aromatic heterocycles. The van der Waals surface area contributed by atoms with Crippen molar-refractivity contribution < 1.29 is 8.42 Å². The number of rotatable bonds is 6. The predicted molar refractivity (Wildman–Crippen MR) is 121 cm³/mol. The van der Waals surface area contributed by atoms with Crippen molar-refractivity contribution in [3.05, 3.63) is 65.5 Å². The fourth-order valence-corrected chi connectivity index (χ4v) is 4.54. The van der Waals surface area contributed by atoms with E-state index in [9.17, 15) is 8.42 Å². The van der Waals surface area contributed by atoms with Crippen LogP contribution in [0.1, 0.15) is 16.7 Å². The smallest absolute Gasteiger partial charge is 0.213 e. The van der Waals surface area contributed by atoms with Crippen molar-refractivity contribution in [2.45, 2.75) is 19.6 Å². The number of nitrogens with zero attached hydrogens (tertiary/aromatic N) is 3. The maximum atomic E-state index is 11.2. The second kappa shape index (κ2) is 7.98. The number of para-hydroxylation sites is 1. The third-order valence-electron chi connectivity index (χ3n) is 4.49. The monoisotopic (exact) mass is 440 g/mol. The second-order valence-electron chi connectivity index (χ2n) is 6.92. The number of primary sulfonamides is 1. The lowest BCUT2D eigenvalue weighted by Crippen LogP contribution is -2.14. The summed E-state index contributed by atoms with van der Waals surface area (Å²) in [4.78, 5) is 14.1. The number of fused-ring (bicyclic) bond motifs is 1. The highest BCUT2D eigenvalue weighted by molar-refractivity contribution is 7.88. The molecule has 0 fully saturated rings. The van der Waals surface area contributed by atoms with E-state index in [0.29, 0.717) is 16.9 Å². The van der Waals surface area contributed by atoms with E-state index >= 15 is 0 Å². The maximum Gasteiger partial charge on any atom is 0.213 e. The minimum atomic E-state index is -3.56. The Balaban J connectivity index is 1.60. The van der Waals surface area contributed by atoms with Gasteiger partial charge in [0.1, 0.15) is 11.8 Å². The largest absolute Gasteiger partial charge is 0.338 e. The molecular weight excluding hydrogens is 420 g/mol. The van der Waals surface area contributed by atoms with E-state index in [2.05, 4.69) is 51.6 Å². The van der Waals surface area contributed by atoms with E-state index in [0.717, 1.165) is 32.5 Å². The lowest BCUT2D eigenvalue weighted by atomic mass is 10.1. The number of nitrogens with two attached hydrogens (primary N) is 1. The second-order valence-corrected chi connectivity index (χ2v) is 9.51. The van der Waals surface area contributed by atoms with Gasteiger partial charge in [0.05, 0.1) is 5.75 Å². The Kier molecular flexibility index (Phi) is 5.37. The van der Waals surface area contributed by atoms with Crippen LogP contribution in [0.2, 0.25) is 0 Å². The van der Waals surface area contributed by atoms with Gasteiger partial charge in [-0.2, -0.15) is 0 Å². The number of hydrogen-bond acceptors (Lipinski definition) is 8. The zero-order valence-corrected chi connectivity index (χ0v) is 18.0. The average molecular weight is 441 g/mol. The minimum Gasteiger partial charge on any atom is -0.338 e. The Morgan fingerprint density at radius 1 is 1.00 bits per heavy atom. The standard InChI is InChI=1S/C20H20N6O2S2/c1-12-4-3-5-13(2)16(12)25-20-26-17-18(22-11-23-19(17)29-20)24-15-8-6-14(7-9-15)10-30(21,27)28/h3-9,11H,10H2,1-2H3,(H,25,26)(H2,21,27,28)(H,22,23,24). The number of anilines is 4. The molecule has 4 N–H and O–H groups in total. The summed E-state index contributed by atoms with van der Waals surface area (Å²) in [6, 6.07) is 13.1. The Labute approximate surface area is 178 Å². The number of benzene rings is 2. The Morgan fingerprint density at radius 3 is 2.37 bits per heavy atom. The maximum absolute atomic E-state index is 11.2. The quantitative estimate of drug-likeness (QED) is 0.414. The first kappa shape index (κ1) is 20.2. The van der Waals surface area contributed by atoms with Gasteiger partial charge in [0.25, 0.3) is 0 Å². The number of nitrogens with one attached hydrogen (secondary N) is 2. The molecule has 0 bridgehead atoms. The highest BCUT2D eigenvalue weighted by Crippen LogP contribution is 2.32. The lowest BCUT2D eigenvalue weighted by molar-refractivity contribution is 0.597. The molecule has 0 atom stereocenters. The van der Waals surface area contributed by atoms with Crippen molar-refractivity contribution in [3.63, 3.8) is 0 Å². The molecular formula is C20H20N6O2S2. The van der Waals surface area contributed by atoms with E-state index in [4.69, 9.17) is 5.14 Å². The molecule has 0 aliphatic heterocycles. The van der Waals surface area contributed by atoms with Crippen LogP contribution < -0.4 is 15.8 Å². The van der Waals surface area contributed by atoms with Gasteiger partial charge < -0.3 is 10.6 Å². The molecule has 4 aromatic rings. The summed E-state index contributed by atoms with van der Waals surface area (Å²) in [5.74, 6) is 0.370.